The highest BCUT2D eigenvalue weighted by atomic mass is 32.2. The quantitative estimate of drug-likeness (QED) is 0.731. The number of anilines is 2. The number of nitrogens with one attached hydrogen (secondary N) is 1. The van der Waals surface area contributed by atoms with Gasteiger partial charge in [-0.1, -0.05) is 54.6 Å². The van der Waals surface area contributed by atoms with Gasteiger partial charge in [-0.05, 0) is 35.3 Å². The molecule has 4 rings (SSSR count). The summed E-state index contributed by atoms with van der Waals surface area (Å²) >= 11 is 0.896. The third-order valence-corrected chi connectivity index (χ3v) is 5.41. The van der Waals surface area contributed by atoms with E-state index < -0.39 is 5.25 Å². The number of carbonyl (C=O) groups is 3. The largest absolute Gasteiger partial charge is 0.325 e. The summed E-state index contributed by atoms with van der Waals surface area (Å²) in [6.45, 7) is 0. The van der Waals surface area contributed by atoms with Gasteiger partial charge in [0.25, 0.3) is 5.24 Å². The molecule has 5 nitrogen and oxygen atoms in total. The number of amides is 3. The van der Waals surface area contributed by atoms with Crippen molar-refractivity contribution >= 4 is 51.0 Å². The summed E-state index contributed by atoms with van der Waals surface area (Å²) in [5, 5.41) is 3.75. The Labute approximate surface area is 160 Å². The number of benzene rings is 3. The number of nitrogens with zero attached hydrogens (tertiary/aromatic N) is 1. The lowest BCUT2D eigenvalue weighted by atomic mass is 10.1. The Bertz CT molecular complexity index is 1030. The third kappa shape index (κ3) is 3.44. The van der Waals surface area contributed by atoms with E-state index in [1.54, 1.807) is 24.3 Å². The van der Waals surface area contributed by atoms with E-state index in [0.717, 1.165) is 27.4 Å². The van der Waals surface area contributed by atoms with Crippen LogP contribution in [-0.4, -0.2) is 22.3 Å². The molecule has 1 heterocycles. The molecule has 0 aromatic heterocycles. The molecule has 1 N–H and O–H groups in total. The van der Waals surface area contributed by atoms with Gasteiger partial charge >= 0.3 is 0 Å². The minimum atomic E-state index is -0.715. The molecule has 0 aliphatic carbocycles. The average molecular weight is 376 g/mol. The average Bonchev–Trinajstić information content (AvgIpc) is 2.96. The smallest absolute Gasteiger partial charge is 0.293 e. The van der Waals surface area contributed by atoms with Gasteiger partial charge in [0, 0.05) is 17.5 Å². The maximum Gasteiger partial charge on any atom is 0.293 e. The molecule has 1 atom stereocenters. The normalized spacial score (nSPS) is 16.7. The summed E-state index contributed by atoms with van der Waals surface area (Å²) in [6.07, 6.45) is -0.0538. The molecular weight excluding hydrogens is 360 g/mol. The fourth-order valence-corrected chi connectivity index (χ4v) is 4.09. The predicted molar refractivity (Wildman–Crippen MR) is 108 cm³/mol. The summed E-state index contributed by atoms with van der Waals surface area (Å²) in [6, 6.07) is 22.2. The zero-order chi connectivity index (χ0) is 18.8. The SMILES string of the molecule is O=C(CC1SC(=O)N(c2ccccc2)C1=O)Nc1cccc2ccccc12. The van der Waals surface area contributed by atoms with Crippen LogP contribution >= 0.6 is 11.8 Å². The van der Waals surface area contributed by atoms with E-state index in [1.165, 1.54) is 0 Å². The van der Waals surface area contributed by atoms with Crippen LogP contribution in [-0.2, 0) is 9.59 Å². The Morgan fingerprint density at radius 3 is 2.44 bits per heavy atom. The highest BCUT2D eigenvalue weighted by Gasteiger charge is 2.41. The molecule has 1 fully saturated rings. The zero-order valence-corrected chi connectivity index (χ0v) is 15.1. The van der Waals surface area contributed by atoms with Gasteiger partial charge in [0.05, 0.1) is 5.69 Å². The van der Waals surface area contributed by atoms with Crippen LogP contribution in [0.3, 0.4) is 0 Å². The molecule has 3 aromatic carbocycles. The fraction of sp³-hybridized carbons (Fsp3) is 0.0952. The molecule has 1 saturated heterocycles. The standard InChI is InChI=1S/C21H16N2O3S/c24-19(22-17-12-6-8-14-7-4-5-11-16(14)17)13-18-20(25)23(21(26)27-18)15-9-2-1-3-10-15/h1-12,18H,13H2,(H,22,24). The van der Waals surface area contributed by atoms with Crippen molar-refractivity contribution in [3.05, 3.63) is 72.8 Å². The van der Waals surface area contributed by atoms with Gasteiger partial charge < -0.3 is 5.32 Å². The first-order valence-electron chi connectivity index (χ1n) is 8.51. The molecule has 1 aliphatic rings. The van der Waals surface area contributed by atoms with Crippen LogP contribution in [0.15, 0.2) is 72.8 Å². The van der Waals surface area contributed by atoms with E-state index in [-0.39, 0.29) is 23.5 Å². The summed E-state index contributed by atoms with van der Waals surface area (Å²) < 4.78 is 0. The fourth-order valence-electron chi connectivity index (χ4n) is 3.10. The van der Waals surface area contributed by atoms with E-state index in [2.05, 4.69) is 5.32 Å². The second kappa shape index (κ2) is 7.25. The number of carbonyl (C=O) groups excluding carboxylic acids is 3. The van der Waals surface area contributed by atoms with Crippen LogP contribution in [0, 0.1) is 0 Å². The third-order valence-electron chi connectivity index (χ3n) is 4.37. The van der Waals surface area contributed by atoms with Crippen molar-refractivity contribution in [3.63, 3.8) is 0 Å². The molecule has 3 aromatic rings. The molecule has 1 unspecified atom stereocenters. The second-order valence-electron chi connectivity index (χ2n) is 6.16. The van der Waals surface area contributed by atoms with Crippen LogP contribution in [0.4, 0.5) is 16.2 Å². The number of imide groups is 1. The molecule has 1 aliphatic heterocycles. The van der Waals surface area contributed by atoms with Gasteiger partial charge in [-0.2, -0.15) is 0 Å². The van der Waals surface area contributed by atoms with E-state index in [1.807, 2.05) is 48.5 Å². The predicted octanol–water partition coefficient (Wildman–Crippen LogP) is 4.44. The van der Waals surface area contributed by atoms with Crippen molar-refractivity contribution < 1.29 is 14.4 Å². The summed E-state index contributed by atoms with van der Waals surface area (Å²) in [4.78, 5) is 38.5. The number of fused-ring (bicyclic) bond motifs is 1. The Hall–Kier alpha value is -3.12. The van der Waals surface area contributed by atoms with Crippen LogP contribution in [0.2, 0.25) is 0 Å². The van der Waals surface area contributed by atoms with Gasteiger partial charge in [0.15, 0.2) is 0 Å². The number of rotatable bonds is 4. The monoisotopic (exact) mass is 376 g/mol. The lowest BCUT2D eigenvalue weighted by molar-refractivity contribution is -0.121. The minimum absolute atomic E-state index is 0.0538. The van der Waals surface area contributed by atoms with E-state index in [0.29, 0.717) is 11.4 Å². The zero-order valence-electron chi connectivity index (χ0n) is 14.3. The van der Waals surface area contributed by atoms with Crippen LogP contribution in [0.5, 0.6) is 0 Å². The number of thioether (sulfide) groups is 1. The van der Waals surface area contributed by atoms with Crippen molar-refractivity contribution in [2.45, 2.75) is 11.7 Å². The maximum absolute atomic E-state index is 12.6. The van der Waals surface area contributed by atoms with Gasteiger partial charge in [-0.15, -0.1) is 0 Å². The number of hydrogen-bond acceptors (Lipinski definition) is 4. The second-order valence-corrected chi connectivity index (χ2v) is 7.31. The minimum Gasteiger partial charge on any atom is -0.325 e. The Balaban J connectivity index is 1.49. The molecule has 0 saturated carbocycles. The van der Waals surface area contributed by atoms with Crippen LogP contribution in [0.1, 0.15) is 6.42 Å². The van der Waals surface area contributed by atoms with Gasteiger partial charge in [-0.3, -0.25) is 14.4 Å². The molecule has 134 valence electrons. The van der Waals surface area contributed by atoms with E-state index in [9.17, 15) is 14.4 Å². The molecule has 27 heavy (non-hydrogen) atoms. The number of para-hydroxylation sites is 1. The first-order valence-corrected chi connectivity index (χ1v) is 9.39. The van der Waals surface area contributed by atoms with Crippen molar-refractivity contribution in [2.75, 3.05) is 10.2 Å². The summed E-state index contributed by atoms with van der Waals surface area (Å²) in [7, 11) is 0. The maximum atomic E-state index is 12.6. The van der Waals surface area contributed by atoms with Crippen molar-refractivity contribution in [2.24, 2.45) is 0 Å². The van der Waals surface area contributed by atoms with Gasteiger partial charge in [0.1, 0.15) is 5.25 Å². The summed E-state index contributed by atoms with van der Waals surface area (Å²) in [5.74, 6) is -0.649. The molecule has 0 bridgehead atoms. The Morgan fingerprint density at radius 1 is 0.926 bits per heavy atom. The highest BCUT2D eigenvalue weighted by Crippen LogP contribution is 2.33. The lowest BCUT2D eigenvalue weighted by Gasteiger charge is -2.14. The molecule has 0 spiro atoms. The highest BCUT2D eigenvalue weighted by molar-refractivity contribution is 8.15. The molecule has 0 radical (unpaired) electrons. The van der Waals surface area contributed by atoms with Crippen molar-refractivity contribution in [1.29, 1.82) is 0 Å². The lowest BCUT2D eigenvalue weighted by Crippen LogP contribution is -2.32. The van der Waals surface area contributed by atoms with Gasteiger partial charge in [0.2, 0.25) is 11.8 Å². The number of hydrogen-bond donors (Lipinski definition) is 1. The van der Waals surface area contributed by atoms with Crippen LogP contribution < -0.4 is 10.2 Å². The van der Waals surface area contributed by atoms with E-state index in [4.69, 9.17) is 0 Å². The molecular formula is C21H16N2O3S. The topological polar surface area (TPSA) is 66.5 Å². The van der Waals surface area contributed by atoms with Crippen molar-refractivity contribution in [3.8, 4) is 0 Å². The van der Waals surface area contributed by atoms with Crippen LogP contribution in [0.25, 0.3) is 10.8 Å². The van der Waals surface area contributed by atoms with E-state index >= 15 is 0 Å². The Morgan fingerprint density at radius 2 is 1.63 bits per heavy atom. The summed E-state index contributed by atoms with van der Waals surface area (Å²) in [5.41, 5.74) is 1.22. The molecule has 3 amide bonds. The first kappa shape index (κ1) is 17.3. The molecule has 6 heteroatoms. The Kier molecular flexibility index (Phi) is 4.64. The van der Waals surface area contributed by atoms with Gasteiger partial charge in [-0.25, -0.2) is 4.90 Å². The first-order chi connectivity index (χ1) is 13.1. The van der Waals surface area contributed by atoms with Crippen molar-refractivity contribution in [1.82, 2.24) is 0 Å².